The van der Waals surface area contributed by atoms with Gasteiger partial charge in [0.05, 0.1) is 6.61 Å². The van der Waals surface area contributed by atoms with Crippen molar-refractivity contribution in [3.8, 4) is 0 Å². The highest BCUT2D eigenvalue weighted by Gasteiger charge is 1.98. The van der Waals surface area contributed by atoms with Crippen LogP contribution in [-0.2, 0) is 11.2 Å². The lowest BCUT2D eigenvalue weighted by Crippen LogP contribution is -2.19. The Morgan fingerprint density at radius 1 is 1.11 bits per heavy atom. The fourth-order valence-electron chi connectivity index (χ4n) is 1.97. The van der Waals surface area contributed by atoms with Gasteiger partial charge in [-0.25, -0.2) is 0 Å². The lowest BCUT2D eigenvalue weighted by Gasteiger charge is -2.06. The molecular formula is C16H25NO. The molecule has 1 aromatic carbocycles. The van der Waals surface area contributed by atoms with Gasteiger partial charge in [0, 0.05) is 13.7 Å². The van der Waals surface area contributed by atoms with Crippen LogP contribution in [0.2, 0.25) is 0 Å². The van der Waals surface area contributed by atoms with Crippen LogP contribution >= 0.6 is 0 Å². The van der Waals surface area contributed by atoms with Gasteiger partial charge in [0.15, 0.2) is 0 Å². The fraction of sp³-hybridized carbons (Fsp3) is 0.500. The second-order valence-electron chi connectivity index (χ2n) is 4.58. The Labute approximate surface area is 111 Å². The molecule has 100 valence electrons. The second-order valence-corrected chi connectivity index (χ2v) is 4.58. The number of nitrogens with one attached hydrogen (secondary N) is 1. The summed E-state index contributed by atoms with van der Waals surface area (Å²) >= 11 is 0. The van der Waals surface area contributed by atoms with E-state index < -0.39 is 0 Å². The van der Waals surface area contributed by atoms with Gasteiger partial charge in [-0.1, -0.05) is 30.4 Å². The van der Waals surface area contributed by atoms with Crippen molar-refractivity contribution in [1.29, 1.82) is 0 Å². The van der Waals surface area contributed by atoms with Gasteiger partial charge in [-0.3, -0.25) is 0 Å². The van der Waals surface area contributed by atoms with Crippen LogP contribution in [-0.4, -0.2) is 26.8 Å². The summed E-state index contributed by atoms with van der Waals surface area (Å²) in [5.74, 6) is 0. The first kappa shape index (κ1) is 14.9. The number of hydrogen-bond acceptors (Lipinski definition) is 2. The topological polar surface area (TPSA) is 21.3 Å². The summed E-state index contributed by atoms with van der Waals surface area (Å²) in [6.07, 6.45) is 6.64. The molecule has 0 heterocycles. The highest BCUT2D eigenvalue weighted by atomic mass is 16.5. The molecule has 0 unspecified atom stereocenters. The van der Waals surface area contributed by atoms with Gasteiger partial charge in [-0.15, -0.1) is 0 Å². The largest absolute Gasteiger partial charge is 0.383 e. The minimum absolute atomic E-state index is 0.784. The van der Waals surface area contributed by atoms with Crippen LogP contribution < -0.4 is 5.32 Å². The first-order valence-corrected chi connectivity index (χ1v) is 6.65. The normalized spacial score (nSPS) is 11.3. The van der Waals surface area contributed by atoms with Crippen LogP contribution in [0, 0.1) is 13.8 Å². The molecule has 0 aromatic heterocycles. The molecule has 1 aromatic rings. The highest BCUT2D eigenvalue weighted by molar-refractivity contribution is 5.34. The average Bonchev–Trinajstić information content (AvgIpc) is 2.35. The molecule has 0 amide bonds. The van der Waals surface area contributed by atoms with E-state index in [1.807, 2.05) is 0 Å². The summed E-state index contributed by atoms with van der Waals surface area (Å²) in [5.41, 5.74) is 4.23. The molecule has 1 rings (SSSR count). The van der Waals surface area contributed by atoms with Crippen molar-refractivity contribution in [2.24, 2.45) is 0 Å². The molecule has 0 saturated heterocycles. The van der Waals surface area contributed by atoms with Crippen LogP contribution in [0.25, 0.3) is 0 Å². The number of rotatable bonds is 8. The number of aryl methyl sites for hydroxylation is 2. The molecule has 0 aliphatic carbocycles. The quantitative estimate of drug-likeness (QED) is 0.563. The second kappa shape index (κ2) is 8.90. The summed E-state index contributed by atoms with van der Waals surface area (Å²) in [6, 6.07) is 6.49. The van der Waals surface area contributed by atoms with E-state index in [9.17, 15) is 0 Å². The third-order valence-corrected chi connectivity index (χ3v) is 3.10. The number of hydrogen-bond donors (Lipinski definition) is 1. The van der Waals surface area contributed by atoms with Crippen LogP contribution in [0.3, 0.4) is 0 Å². The summed E-state index contributed by atoms with van der Waals surface area (Å²) in [4.78, 5) is 0. The molecule has 0 fully saturated rings. The van der Waals surface area contributed by atoms with E-state index in [4.69, 9.17) is 4.74 Å². The molecule has 1 N–H and O–H groups in total. The van der Waals surface area contributed by atoms with E-state index in [2.05, 4.69) is 49.5 Å². The lowest BCUT2D eigenvalue weighted by atomic mass is 10.00. The van der Waals surface area contributed by atoms with E-state index in [0.29, 0.717) is 0 Å². The summed E-state index contributed by atoms with van der Waals surface area (Å²) in [5, 5.41) is 3.33. The summed E-state index contributed by atoms with van der Waals surface area (Å²) in [7, 11) is 1.73. The molecule has 0 spiro atoms. The molecule has 0 aliphatic rings. The summed E-state index contributed by atoms with van der Waals surface area (Å²) in [6.45, 7) is 7.10. The smallest absolute Gasteiger partial charge is 0.0587 e. The van der Waals surface area contributed by atoms with E-state index in [1.165, 1.54) is 16.7 Å². The predicted molar refractivity (Wildman–Crippen MR) is 78.1 cm³/mol. The van der Waals surface area contributed by atoms with Crippen molar-refractivity contribution in [2.45, 2.75) is 26.7 Å². The minimum Gasteiger partial charge on any atom is -0.383 e. The Bertz CT molecular complexity index is 351. The van der Waals surface area contributed by atoms with Crippen molar-refractivity contribution in [2.75, 3.05) is 26.8 Å². The maximum absolute atomic E-state index is 4.97. The zero-order valence-electron chi connectivity index (χ0n) is 11.8. The lowest BCUT2D eigenvalue weighted by molar-refractivity contribution is 0.199. The van der Waals surface area contributed by atoms with Gasteiger partial charge >= 0.3 is 0 Å². The monoisotopic (exact) mass is 247 g/mol. The Morgan fingerprint density at radius 2 is 1.83 bits per heavy atom. The maximum Gasteiger partial charge on any atom is 0.0587 e. The van der Waals surface area contributed by atoms with Gasteiger partial charge < -0.3 is 10.1 Å². The van der Waals surface area contributed by atoms with Gasteiger partial charge in [-0.2, -0.15) is 0 Å². The predicted octanol–water partition coefficient (Wildman–Crippen LogP) is 3.03. The average molecular weight is 247 g/mol. The van der Waals surface area contributed by atoms with Crippen molar-refractivity contribution in [1.82, 2.24) is 5.32 Å². The van der Waals surface area contributed by atoms with Crippen LogP contribution in [0.5, 0.6) is 0 Å². The highest BCUT2D eigenvalue weighted by Crippen LogP contribution is 2.14. The van der Waals surface area contributed by atoms with Crippen molar-refractivity contribution >= 4 is 0 Å². The third kappa shape index (κ3) is 5.48. The van der Waals surface area contributed by atoms with Crippen LogP contribution in [0.15, 0.2) is 30.4 Å². The Hall–Kier alpha value is -1.12. The van der Waals surface area contributed by atoms with Crippen molar-refractivity contribution in [3.63, 3.8) is 0 Å². The van der Waals surface area contributed by atoms with E-state index in [0.717, 1.165) is 32.5 Å². The Kier molecular flexibility index (Phi) is 7.38. The zero-order valence-corrected chi connectivity index (χ0v) is 11.8. The molecule has 2 heteroatoms. The number of allylic oxidation sites excluding steroid dienone is 1. The van der Waals surface area contributed by atoms with Gasteiger partial charge in [-0.05, 0) is 49.9 Å². The molecule has 0 aliphatic heterocycles. The zero-order chi connectivity index (χ0) is 13.2. The van der Waals surface area contributed by atoms with Gasteiger partial charge in [0.1, 0.15) is 0 Å². The molecule has 0 saturated carbocycles. The van der Waals surface area contributed by atoms with Crippen LogP contribution in [0.4, 0.5) is 0 Å². The standard InChI is InChI=1S/C16H25NO/c1-14-8-7-9-15(2)16(14)10-5-4-6-11-17-12-13-18-3/h4-5,7-9,17H,6,10-13H2,1-3H3/b5-4+. The Balaban J connectivity index is 2.24. The maximum atomic E-state index is 4.97. The molecule has 0 radical (unpaired) electrons. The first-order valence-electron chi connectivity index (χ1n) is 6.65. The van der Waals surface area contributed by atoms with Crippen LogP contribution in [0.1, 0.15) is 23.1 Å². The van der Waals surface area contributed by atoms with Gasteiger partial charge in [0.25, 0.3) is 0 Å². The van der Waals surface area contributed by atoms with E-state index >= 15 is 0 Å². The van der Waals surface area contributed by atoms with Crippen molar-refractivity contribution < 1.29 is 4.74 Å². The molecule has 0 atom stereocenters. The molecule has 18 heavy (non-hydrogen) atoms. The Morgan fingerprint density at radius 3 is 2.50 bits per heavy atom. The van der Waals surface area contributed by atoms with E-state index in [1.54, 1.807) is 7.11 Å². The molecule has 0 bridgehead atoms. The summed E-state index contributed by atoms with van der Waals surface area (Å²) < 4.78 is 4.97. The SMILES string of the molecule is COCCNCC/C=C/Cc1c(C)cccc1C. The third-order valence-electron chi connectivity index (χ3n) is 3.10. The number of methoxy groups -OCH3 is 1. The molecular weight excluding hydrogens is 222 g/mol. The number of benzene rings is 1. The van der Waals surface area contributed by atoms with E-state index in [-0.39, 0.29) is 0 Å². The number of ether oxygens (including phenoxy) is 1. The minimum atomic E-state index is 0.784. The van der Waals surface area contributed by atoms with Crippen molar-refractivity contribution in [3.05, 3.63) is 47.0 Å². The fourth-order valence-corrected chi connectivity index (χ4v) is 1.97. The first-order chi connectivity index (χ1) is 8.75. The molecule has 2 nitrogen and oxygen atoms in total. The van der Waals surface area contributed by atoms with Gasteiger partial charge in [0.2, 0.25) is 0 Å².